The van der Waals surface area contributed by atoms with E-state index in [9.17, 15) is 4.79 Å². The summed E-state index contributed by atoms with van der Waals surface area (Å²) in [6.45, 7) is 0. The van der Waals surface area contributed by atoms with E-state index in [0.29, 0.717) is 17.4 Å². The molecule has 0 saturated heterocycles. The number of nitrogens with zero attached hydrogens (tertiary/aromatic N) is 4. The first-order valence-electron chi connectivity index (χ1n) is 8.16. The fourth-order valence-corrected chi connectivity index (χ4v) is 2.73. The van der Waals surface area contributed by atoms with Crippen molar-refractivity contribution in [2.24, 2.45) is 5.73 Å². The van der Waals surface area contributed by atoms with Crippen molar-refractivity contribution < 1.29 is 9.53 Å². The van der Waals surface area contributed by atoms with Crippen LogP contribution in [0.2, 0.25) is 0 Å². The zero-order valence-electron chi connectivity index (χ0n) is 15.3. The van der Waals surface area contributed by atoms with E-state index in [2.05, 4.69) is 20.3 Å². The number of pyridine rings is 1. The zero-order valence-corrected chi connectivity index (χ0v) is 16.9. The third-order valence-electron chi connectivity index (χ3n) is 4.08. The number of nitrogens with one attached hydrogen (secondary N) is 1. The molecule has 150 valence electrons. The van der Waals surface area contributed by atoms with E-state index in [0.717, 1.165) is 17.0 Å². The summed E-state index contributed by atoms with van der Waals surface area (Å²) in [6.07, 6.45) is 5.02. The van der Waals surface area contributed by atoms with E-state index < -0.39 is 5.91 Å². The first-order chi connectivity index (χ1) is 13.2. The number of benzene rings is 1. The van der Waals surface area contributed by atoms with E-state index in [1.54, 1.807) is 42.2 Å². The number of carbonyl (C=O) groups is 1. The van der Waals surface area contributed by atoms with Crippen molar-refractivity contribution in [3.8, 4) is 17.0 Å². The topological polar surface area (TPSA) is 107 Å². The molecule has 3 N–H and O–H groups in total. The number of aromatic nitrogens is 4. The van der Waals surface area contributed by atoms with Crippen LogP contribution in [-0.2, 0) is 0 Å². The quantitative estimate of drug-likeness (QED) is 0.499. The van der Waals surface area contributed by atoms with Crippen molar-refractivity contribution in [1.29, 1.82) is 0 Å². The summed E-state index contributed by atoms with van der Waals surface area (Å²) in [5, 5.41) is 3.09. The van der Waals surface area contributed by atoms with E-state index in [1.165, 1.54) is 0 Å². The maximum atomic E-state index is 11.7. The number of imidazole rings is 1. The first kappa shape index (κ1) is 21.9. The van der Waals surface area contributed by atoms with Crippen molar-refractivity contribution in [2.45, 2.75) is 0 Å². The van der Waals surface area contributed by atoms with Crippen molar-refractivity contribution >= 4 is 48.1 Å². The van der Waals surface area contributed by atoms with Crippen LogP contribution in [0.25, 0.3) is 16.9 Å². The Morgan fingerprint density at radius 2 is 1.86 bits per heavy atom. The Morgan fingerprint density at radius 1 is 1.10 bits per heavy atom. The normalized spacial score (nSPS) is 9.97. The Labute approximate surface area is 179 Å². The van der Waals surface area contributed by atoms with Gasteiger partial charge in [-0.15, -0.1) is 24.8 Å². The molecule has 0 aliphatic rings. The average Bonchev–Trinajstić information content (AvgIpc) is 3.17. The number of anilines is 2. The molecule has 4 aromatic rings. The smallest absolute Gasteiger partial charge is 0.252 e. The summed E-state index contributed by atoms with van der Waals surface area (Å²) in [5.74, 6) is 0.994. The van der Waals surface area contributed by atoms with Crippen LogP contribution in [0.1, 0.15) is 10.4 Å². The van der Waals surface area contributed by atoms with Gasteiger partial charge in [0.15, 0.2) is 0 Å². The van der Waals surface area contributed by atoms with Crippen LogP contribution in [-0.4, -0.2) is 32.4 Å². The van der Waals surface area contributed by atoms with Crippen LogP contribution in [0.3, 0.4) is 0 Å². The number of carbonyl (C=O) groups excluding carboxylic acids is 1. The van der Waals surface area contributed by atoms with Gasteiger partial charge in [0.2, 0.25) is 5.95 Å². The number of amides is 1. The summed E-state index contributed by atoms with van der Waals surface area (Å²) < 4.78 is 6.97. The Hall–Kier alpha value is -3.36. The molecule has 0 saturated carbocycles. The van der Waals surface area contributed by atoms with Gasteiger partial charge in [0, 0.05) is 30.2 Å². The van der Waals surface area contributed by atoms with Crippen LogP contribution < -0.4 is 15.8 Å². The van der Waals surface area contributed by atoms with Crippen molar-refractivity contribution in [3.63, 3.8) is 0 Å². The van der Waals surface area contributed by atoms with Crippen LogP contribution in [0, 0.1) is 0 Å². The SMILES string of the molecule is COc1ccc(-c2cc3nccn3c(Nc3ncccc3C(N)=O)n2)cc1.Cl.Cl. The number of hydrogen-bond donors (Lipinski definition) is 2. The monoisotopic (exact) mass is 432 g/mol. The lowest BCUT2D eigenvalue weighted by Gasteiger charge is -2.12. The highest BCUT2D eigenvalue weighted by Gasteiger charge is 2.13. The van der Waals surface area contributed by atoms with Crippen LogP contribution in [0.4, 0.5) is 11.8 Å². The van der Waals surface area contributed by atoms with Gasteiger partial charge < -0.3 is 15.8 Å². The molecule has 3 heterocycles. The average molecular weight is 433 g/mol. The number of rotatable bonds is 5. The van der Waals surface area contributed by atoms with Gasteiger partial charge in [-0.05, 0) is 36.4 Å². The van der Waals surface area contributed by atoms with Crippen LogP contribution in [0.5, 0.6) is 5.75 Å². The van der Waals surface area contributed by atoms with E-state index in [1.807, 2.05) is 30.3 Å². The van der Waals surface area contributed by atoms with Crippen molar-refractivity contribution in [1.82, 2.24) is 19.4 Å². The largest absolute Gasteiger partial charge is 0.497 e. The summed E-state index contributed by atoms with van der Waals surface area (Å²) in [4.78, 5) is 24.9. The summed E-state index contributed by atoms with van der Waals surface area (Å²) in [6, 6.07) is 12.7. The Bertz CT molecular complexity index is 1130. The molecule has 29 heavy (non-hydrogen) atoms. The molecule has 10 heteroatoms. The molecule has 0 radical (unpaired) electrons. The van der Waals surface area contributed by atoms with Gasteiger partial charge in [0.25, 0.3) is 5.91 Å². The number of hydrogen-bond acceptors (Lipinski definition) is 6. The fraction of sp³-hybridized carbons (Fsp3) is 0.0526. The minimum atomic E-state index is -0.571. The third kappa shape index (κ3) is 4.39. The van der Waals surface area contributed by atoms with Crippen molar-refractivity contribution in [3.05, 3.63) is 66.6 Å². The lowest BCUT2D eigenvalue weighted by molar-refractivity contribution is 0.100. The molecule has 3 aromatic heterocycles. The van der Waals surface area contributed by atoms with Crippen LogP contribution in [0.15, 0.2) is 61.1 Å². The number of ether oxygens (including phenoxy) is 1. The number of fused-ring (bicyclic) bond motifs is 1. The minimum Gasteiger partial charge on any atom is -0.497 e. The van der Waals surface area contributed by atoms with Gasteiger partial charge in [0.05, 0.1) is 18.4 Å². The molecule has 0 unspecified atom stereocenters. The van der Waals surface area contributed by atoms with Crippen LogP contribution >= 0.6 is 24.8 Å². The highest BCUT2D eigenvalue weighted by atomic mass is 35.5. The second-order valence-corrected chi connectivity index (χ2v) is 5.74. The standard InChI is InChI=1S/C19H16N6O2.2ClH/c1-27-13-6-4-12(5-7-13)15-11-16-21-9-10-25(16)19(23-15)24-18-14(17(20)26)3-2-8-22-18;;/h2-11H,1H3,(H2,20,26)(H,22,23,24);2*1H. The molecule has 0 bridgehead atoms. The molecule has 0 aliphatic heterocycles. The van der Waals surface area contributed by atoms with Gasteiger partial charge in [-0.2, -0.15) is 0 Å². The summed E-state index contributed by atoms with van der Waals surface area (Å²) >= 11 is 0. The molecular formula is C19H18Cl2N6O2. The van der Waals surface area contributed by atoms with Gasteiger partial charge in [-0.3, -0.25) is 9.20 Å². The lowest BCUT2D eigenvalue weighted by Crippen LogP contribution is -2.15. The maximum Gasteiger partial charge on any atom is 0.252 e. The number of primary amides is 1. The van der Waals surface area contributed by atoms with Crippen molar-refractivity contribution in [2.75, 3.05) is 12.4 Å². The highest BCUT2D eigenvalue weighted by molar-refractivity contribution is 5.98. The van der Waals surface area contributed by atoms with E-state index in [-0.39, 0.29) is 30.4 Å². The van der Waals surface area contributed by atoms with Gasteiger partial charge in [0.1, 0.15) is 17.2 Å². The number of methoxy groups -OCH3 is 1. The summed E-state index contributed by atoms with van der Waals surface area (Å²) in [5.41, 5.74) is 8.04. The van der Waals surface area contributed by atoms with Gasteiger partial charge in [-0.25, -0.2) is 15.0 Å². The molecular weight excluding hydrogens is 415 g/mol. The van der Waals surface area contributed by atoms with E-state index in [4.69, 9.17) is 10.5 Å². The zero-order chi connectivity index (χ0) is 18.8. The molecule has 1 amide bonds. The molecule has 0 spiro atoms. The second-order valence-electron chi connectivity index (χ2n) is 5.74. The highest BCUT2D eigenvalue weighted by Crippen LogP contribution is 2.25. The minimum absolute atomic E-state index is 0. The Morgan fingerprint density at radius 3 is 2.55 bits per heavy atom. The maximum absolute atomic E-state index is 11.7. The first-order valence-corrected chi connectivity index (χ1v) is 8.16. The van der Waals surface area contributed by atoms with Gasteiger partial charge >= 0.3 is 0 Å². The Kier molecular flexibility index (Phi) is 6.98. The molecule has 4 rings (SSSR count). The molecule has 8 nitrogen and oxygen atoms in total. The third-order valence-corrected chi connectivity index (χ3v) is 4.08. The predicted octanol–water partition coefficient (Wildman–Crippen LogP) is 3.49. The Balaban J connectivity index is 0.00000150. The van der Waals surface area contributed by atoms with E-state index >= 15 is 0 Å². The summed E-state index contributed by atoms with van der Waals surface area (Å²) in [7, 11) is 1.62. The molecule has 0 atom stereocenters. The number of nitrogens with two attached hydrogens (primary N) is 1. The lowest BCUT2D eigenvalue weighted by atomic mass is 10.1. The fourth-order valence-electron chi connectivity index (χ4n) is 2.73. The van der Waals surface area contributed by atoms with Gasteiger partial charge in [-0.1, -0.05) is 0 Å². The predicted molar refractivity (Wildman–Crippen MR) is 116 cm³/mol. The molecule has 0 aliphatic carbocycles. The number of halogens is 2. The second kappa shape index (κ2) is 9.22. The molecule has 0 fully saturated rings. The molecule has 1 aromatic carbocycles.